The van der Waals surface area contributed by atoms with Gasteiger partial charge in [0.05, 0.1) is 0 Å². The summed E-state index contributed by atoms with van der Waals surface area (Å²) in [4.78, 5) is 22.7. The topological polar surface area (TPSA) is 66.4 Å². The third kappa shape index (κ3) is 6.09. The van der Waals surface area contributed by atoms with Gasteiger partial charge < -0.3 is 10.4 Å². The number of allylic oxidation sites excluding steroid dienone is 1. The number of hydrogen-bond donors (Lipinski definition) is 2. The van der Waals surface area contributed by atoms with Crippen molar-refractivity contribution in [3.8, 4) is 0 Å². The number of nitrogens with one attached hydrogen (secondary N) is 1. The Morgan fingerprint density at radius 3 is 2.12 bits per heavy atom. The van der Waals surface area contributed by atoms with E-state index in [2.05, 4.69) is 5.32 Å². The van der Waals surface area contributed by atoms with Gasteiger partial charge in [0.2, 0.25) is 5.91 Å². The molecule has 0 spiro atoms. The lowest BCUT2D eigenvalue weighted by atomic mass is 9.95. The van der Waals surface area contributed by atoms with Gasteiger partial charge in [0.15, 0.2) is 0 Å². The third-order valence-electron chi connectivity index (χ3n) is 2.36. The van der Waals surface area contributed by atoms with Crippen LogP contribution in [0.3, 0.4) is 0 Å². The van der Waals surface area contributed by atoms with Crippen molar-refractivity contribution in [2.45, 2.75) is 53.0 Å². The molecule has 0 aliphatic heterocycles. The SMILES string of the molecule is CCCC(C)(NC(=O)C=CC(C)(C)C)C(=O)O. The Morgan fingerprint density at radius 2 is 1.76 bits per heavy atom. The zero-order chi connectivity index (χ0) is 13.7. The number of rotatable bonds is 5. The molecule has 0 aliphatic rings. The van der Waals surface area contributed by atoms with Crippen molar-refractivity contribution in [3.05, 3.63) is 12.2 Å². The van der Waals surface area contributed by atoms with E-state index in [1.165, 1.54) is 13.0 Å². The molecule has 0 saturated carbocycles. The summed E-state index contributed by atoms with van der Waals surface area (Å²) in [5, 5.41) is 11.6. The fourth-order valence-corrected chi connectivity index (χ4v) is 1.36. The van der Waals surface area contributed by atoms with E-state index >= 15 is 0 Å². The van der Waals surface area contributed by atoms with Gasteiger partial charge in [-0.15, -0.1) is 0 Å². The van der Waals surface area contributed by atoms with Crippen LogP contribution in [0.5, 0.6) is 0 Å². The van der Waals surface area contributed by atoms with Crippen molar-refractivity contribution in [1.82, 2.24) is 5.32 Å². The van der Waals surface area contributed by atoms with E-state index in [9.17, 15) is 9.59 Å². The van der Waals surface area contributed by atoms with Crippen molar-refractivity contribution in [2.75, 3.05) is 0 Å². The van der Waals surface area contributed by atoms with Gasteiger partial charge in [-0.1, -0.05) is 40.2 Å². The molecule has 1 amide bonds. The minimum atomic E-state index is -1.19. The van der Waals surface area contributed by atoms with Crippen LogP contribution in [-0.2, 0) is 9.59 Å². The molecule has 0 radical (unpaired) electrons. The summed E-state index contributed by atoms with van der Waals surface area (Å²) in [5.41, 5.74) is -1.28. The van der Waals surface area contributed by atoms with Gasteiger partial charge in [0, 0.05) is 0 Å². The first-order valence-corrected chi connectivity index (χ1v) is 5.85. The van der Waals surface area contributed by atoms with E-state index in [-0.39, 0.29) is 11.3 Å². The second-order valence-electron chi connectivity index (χ2n) is 5.58. The average Bonchev–Trinajstić information content (AvgIpc) is 2.13. The Balaban J connectivity index is 4.64. The van der Waals surface area contributed by atoms with Gasteiger partial charge in [-0.25, -0.2) is 4.79 Å². The molecule has 0 rings (SSSR count). The summed E-state index contributed by atoms with van der Waals surface area (Å²) in [7, 11) is 0. The predicted molar refractivity (Wildman–Crippen MR) is 67.7 cm³/mol. The Bertz CT molecular complexity index is 315. The van der Waals surface area contributed by atoms with Crippen LogP contribution in [-0.4, -0.2) is 22.5 Å². The summed E-state index contributed by atoms with van der Waals surface area (Å²) in [6.07, 6.45) is 4.27. The first kappa shape index (κ1) is 15.7. The number of carboxylic acid groups (broad SMARTS) is 1. The van der Waals surface area contributed by atoms with E-state index < -0.39 is 11.5 Å². The maximum atomic E-state index is 11.6. The second-order valence-corrected chi connectivity index (χ2v) is 5.58. The molecule has 0 aromatic rings. The lowest BCUT2D eigenvalue weighted by molar-refractivity contribution is -0.146. The van der Waals surface area contributed by atoms with Crippen molar-refractivity contribution in [3.63, 3.8) is 0 Å². The van der Waals surface area contributed by atoms with Gasteiger partial charge in [-0.3, -0.25) is 4.79 Å². The van der Waals surface area contributed by atoms with Gasteiger partial charge in [-0.05, 0) is 24.8 Å². The molecule has 1 unspecified atom stereocenters. The van der Waals surface area contributed by atoms with Crippen LogP contribution >= 0.6 is 0 Å². The standard InChI is InChI=1S/C13H23NO3/c1-6-8-13(5,11(16)17)14-10(15)7-9-12(2,3)4/h7,9H,6,8H2,1-5H3,(H,14,15)(H,16,17). The number of carbonyl (C=O) groups excluding carboxylic acids is 1. The summed E-state index contributed by atoms with van der Waals surface area (Å²) >= 11 is 0. The monoisotopic (exact) mass is 241 g/mol. The molecule has 0 aromatic heterocycles. The van der Waals surface area contributed by atoms with Crippen molar-refractivity contribution in [2.24, 2.45) is 5.41 Å². The minimum absolute atomic E-state index is 0.0955. The summed E-state index contributed by atoms with van der Waals surface area (Å²) in [5.74, 6) is -1.37. The highest BCUT2D eigenvalue weighted by molar-refractivity contribution is 5.92. The number of amides is 1. The molecule has 0 aliphatic carbocycles. The molecule has 0 fully saturated rings. The molecule has 0 bridgehead atoms. The number of carbonyl (C=O) groups is 2. The van der Waals surface area contributed by atoms with E-state index in [1.54, 1.807) is 6.08 Å². The summed E-state index contributed by atoms with van der Waals surface area (Å²) in [6, 6.07) is 0. The molecule has 4 nitrogen and oxygen atoms in total. The van der Waals surface area contributed by atoms with E-state index in [4.69, 9.17) is 5.11 Å². The average molecular weight is 241 g/mol. The molecule has 1 atom stereocenters. The van der Waals surface area contributed by atoms with Crippen molar-refractivity contribution >= 4 is 11.9 Å². The smallest absolute Gasteiger partial charge is 0.329 e. The normalized spacial score (nSPS) is 15.6. The molecule has 0 heterocycles. The zero-order valence-electron chi connectivity index (χ0n) is 11.3. The summed E-state index contributed by atoms with van der Waals surface area (Å²) in [6.45, 7) is 9.33. The Labute approximate surface area is 103 Å². The first-order chi connectivity index (χ1) is 7.60. The molecule has 4 heteroatoms. The summed E-state index contributed by atoms with van der Waals surface area (Å²) < 4.78 is 0. The van der Waals surface area contributed by atoms with E-state index in [1.807, 2.05) is 27.7 Å². The maximum absolute atomic E-state index is 11.6. The van der Waals surface area contributed by atoms with Gasteiger partial charge in [-0.2, -0.15) is 0 Å². The van der Waals surface area contributed by atoms with E-state index in [0.29, 0.717) is 12.8 Å². The predicted octanol–water partition coefficient (Wildman–Crippen LogP) is 2.35. The van der Waals surface area contributed by atoms with Crippen molar-refractivity contribution in [1.29, 1.82) is 0 Å². The number of aliphatic carboxylic acids is 1. The third-order valence-corrected chi connectivity index (χ3v) is 2.36. The van der Waals surface area contributed by atoms with Crippen LogP contribution in [0.1, 0.15) is 47.5 Å². The van der Waals surface area contributed by atoms with Crippen LogP contribution in [0.15, 0.2) is 12.2 Å². The molecular formula is C13H23NO3. The van der Waals surface area contributed by atoms with Crippen molar-refractivity contribution < 1.29 is 14.7 Å². The highest BCUT2D eigenvalue weighted by atomic mass is 16.4. The first-order valence-electron chi connectivity index (χ1n) is 5.85. The fraction of sp³-hybridized carbons (Fsp3) is 0.692. The number of carboxylic acids is 1. The quantitative estimate of drug-likeness (QED) is 0.726. The number of hydrogen-bond acceptors (Lipinski definition) is 2. The molecular weight excluding hydrogens is 218 g/mol. The van der Waals surface area contributed by atoms with Gasteiger partial charge in [0.1, 0.15) is 5.54 Å². The molecule has 98 valence electrons. The van der Waals surface area contributed by atoms with Crippen LogP contribution in [0.4, 0.5) is 0 Å². The van der Waals surface area contributed by atoms with Crippen LogP contribution < -0.4 is 5.32 Å². The van der Waals surface area contributed by atoms with Crippen LogP contribution in [0.25, 0.3) is 0 Å². The van der Waals surface area contributed by atoms with Crippen LogP contribution in [0.2, 0.25) is 0 Å². The highest BCUT2D eigenvalue weighted by Crippen LogP contribution is 2.15. The fourth-order valence-electron chi connectivity index (χ4n) is 1.36. The zero-order valence-corrected chi connectivity index (χ0v) is 11.3. The second kappa shape index (κ2) is 5.84. The highest BCUT2D eigenvalue weighted by Gasteiger charge is 2.33. The molecule has 0 aromatic carbocycles. The maximum Gasteiger partial charge on any atom is 0.329 e. The lowest BCUT2D eigenvalue weighted by Crippen LogP contribution is -2.51. The minimum Gasteiger partial charge on any atom is -0.480 e. The van der Waals surface area contributed by atoms with Gasteiger partial charge >= 0.3 is 5.97 Å². The lowest BCUT2D eigenvalue weighted by Gasteiger charge is -2.25. The molecule has 17 heavy (non-hydrogen) atoms. The molecule has 2 N–H and O–H groups in total. The van der Waals surface area contributed by atoms with E-state index in [0.717, 1.165) is 0 Å². The Hall–Kier alpha value is -1.32. The van der Waals surface area contributed by atoms with Crippen LogP contribution in [0, 0.1) is 5.41 Å². The Morgan fingerprint density at radius 1 is 1.24 bits per heavy atom. The largest absolute Gasteiger partial charge is 0.480 e. The van der Waals surface area contributed by atoms with Gasteiger partial charge in [0.25, 0.3) is 0 Å². The molecule has 0 saturated heterocycles. The Kier molecular flexibility index (Phi) is 5.39.